The number of methoxy groups -OCH3 is 1. The van der Waals surface area contributed by atoms with Gasteiger partial charge in [0, 0.05) is 30.2 Å². The number of hydrogen-bond donors (Lipinski definition) is 4. The molecule has 12 heteroatoms. The maximum Gasteiger partial charge on any atom is 0.407 e. The molecule has 3 rings (SSSR count). The molecule has 0 heterocycles. The zero-order valence-electron chi connectivity index (χ0n) is 25.6. The smallest absolute Gasteiger partial charge is 0.407 e. The fraction of sp³-hybridized carbons (Fsp3) is 0.394. The van der Waals surface area contributed by atoms with Gasteiger partial charge < -0.3 is 26.2 Å². The lowest BCUT2D eigenvalue weighted by Gasteiger charge is -2.30. The van der Waals surface area contributed by atoms with Crippen LogP contribution in [-0.2, 0) is 19.6 Å². The number of benzene rings is 3. The molecule has 0 aromatic heterocycles. The number of nitrogens with zero attached hydrogens (tertiary/aromatic N) is 1. The van der Waals surface area contributed by atoms with E-state index in [1.807, 2.05) is 67.6 Å². The Morgan fingerprint density at radius 1 is 0.911 bits per heavy atom. The van der Waals surface area contributed by atoms with E-state index in [0.717, 1.165) is 15.4 Å². The van der Waals surface area contributed by atoms with Gasteiger partial charge >= 0.3 is 6.09 Å². The van der Waals surface area contributed by atoms with Crippen molar-refractivity contribution in [3.8, 4) is 0 Å². The number of nitrogens with two attached hydrogens (primary N) is 1. The van der Waals surface area contributed by atoms with Crippen LogP contribution in [0.4, 0.5) is 14.9 Å². The molecule has 0 aliphatic rings. The van der Waals surface area contributed by atoms with E-state index in [4.69, 9.17) is 10.5 Å². The third kappa shape index (κ3) is 10.0. The second-order valence-corrected chi connectivity index (χ2v) is 12.7. The van der Waals surface area contributed by atoms with Gasteiger partial charge in [-0.1, -0.05) is 60.7 Å². The van der Waals surface area contributed by atoms with Gasteiger partial charge in [-0.25, -0.2) is 13.2 Å². The van der Waals surface area contributed by atoms with Crippen molar-refractivity contribution < 1.29 is 32.2 Å². The normalized spacial score (nSPS) is 13.6. The van der Waals surface area contributed by atoms with Gasteiger partial charge in [0.2, 0.25) is 15.9 Å². The van der Waals surface area contributed by atoms with Gasteiger partial charge in [-0.3, -0.25) is 9.18 Å². The summed E-state index contributed by atoms with van der Waals surface area (Å²) in [7, 11) is -2.80. The highest BCUT2D eigenvalue weighted by atomic mass is 32.2. The molecule has 5 N–H and O–H groups in total. The summed E-state index contributed by atoms with van der Waals surface area (Å²) in [5.74, 6) is -0.931. The summed E-state index contributed by atoms with van der Waals surface area (Å²) >= 11 is 0. The molecule has 2 amide bonds. The van der Waals surface area contributed by atoms with Crippen LogP contribution >= 0.6 is 0 Å². The highest BCUT2D eigenvalue weighted by molar-refractivity contribution is 7.89. The van der Waals surface area contributed by atoms with Crippen molar-refractivity contribution in [2.45, 2.75) is 61.5 Å². The Morgan fingerprint density at radius 3 is 2.00 bits per heavy atom. The number of hydrogen-bond acceptors (Lipinski definition) is 7. The summed E-state index contributed by atoms with van der Waals surface area (Å²) in [6, 6.07) is 22.3. The highest BCUT2D eigenvalue weighted by Crippen LogP contribution is 2.29. The number of alkyl halides is 1. The zero-order valence-corrected chi connectivity index (χ0v) is 26.5. The van der Waals surface area contributed by atoms with E-state index in [0.29, 0.717) is 18.5 Å². The summed E-state index contributed by atoms with van der Waals surface area (Å²) in [4.78, 5) is 26.1. The number of ether oxygens (including phenoxy) is 1. The number of nitrogen functional groups attached to an aromatic ring is 1. The topological polar surface area (TPSA) is 151 Å². The van der Waals surface area contributed by atoms with E-state index in [9.17, 15) is 27.5 Å². The number of anilines is 1. The maximum atomic E-state index is 13.7. The Bertz CT molecular complexity index is 1410. The summed E-state index contributed by atoms with van der Waals surface area (Å²) in [5, 5.41) is 15.9. The minimum atomic E-state index is -4.03. The minimum Gasteiger partial charge on any atom is -0.453 e. The maximum absolute atomic E-state index is 13.7. The third-order valence-corrected chi connectivity index (χ3v) is 9.54. The Balaban J connectivity index is 1.74. The summed E-state index contributed by atoms with van der Waals surface area (Å²) in [5.41, 5.74) is 7.77. The lowest BCUT2D eigenvalue weighted by Crippen LogP contribution is -2.52. The molecule has 0 radical (unpaired) electrons. The van der Waals surface area contributed by atoms with Crippen LogP contribution < -0.4 is 16.4 Å². The van der Waals surface area contributed by atoms with Gasteiger partial charge in [-0.2, -0.15) is 4.31 Å². The lowest BCUT2D eigenvalue weighted by atomic mass is 9.84. The predicted molar refractivity (Wildman–Crippen MR) is 172 cm³/mol. The van der Waals surface area contributed by atoms with Crippen LogP contribution in [0.5, 0.6) is 0 Å². The molecule has 10 nitrogen and oxygen atoms in total. The highest BCUT2D eigenvalue weighted by Gasteiger charge is 2.34. The molecule has 0 bridgehead atoms. The number of nitrogens with one attached hydrogen (secondary N) is 2. The van der Waals surface area contributed by atoms with Crippen molar-refractivity contribution >= 4 is 27.7 Å². The molecule has 3 atom stereocenters. The first kappa shape index (κ1) is 35.5. The molecule has 0 spiro atoms. The van der Waals surface area contributed by atoms with Crippen LogP contribution in [0.15, 0.2) is 89.8 Å². The molecule has 0 fully saturated rings. The summed E-state index contributed by atoms with van der Waals surface area (Å²) < 4.78 is 45.9. The van der Waals surface area contributed by atoms with Crippen molar-refractivity contribution in [3.63, 3.8) is 0 Å². The van der Waals surface area contributed by atoms with E-state index in [-0.39, 0.29) is 30.3 Å². The lowest BCUT2D eigenvalue weighted by molar-refractivity contribution is -0.124. The van der Waals surface area contributed by atoms with Crippen LogP contribution in [0, 0.1) is 0 Å². The van der Waals surface area contributed by atoms with E-state index in [1.54, 1.807) is 0 Å². The summed E-state index contributed by atoms with van der Waals surface area (Å²) in [6.45, 7) is 0.555. The van der Waals surface area contributed by atoms with Crippen LogP contribution in [0.3, 0.4) is 0 Å². The van der Waals surface area contributed by atoms with Gasteiger partial charge in [0.25, 0.3) is 0 Å². The molecule has 244 valence electrons. The Hall–Kier alpha value is -4.00. The number of alkyl carbamates (subject to hydrolysis) is 1. The number of carbonyl (C=O) groups is 2. The first-order valence-corrected chi connectivity index (χ1v) is 16.3. The van der Waals surface area contributed by atoms with Gasteiger partial charge in [-0.05, 0) is 68.0 Å². The fourth-order valence-electron chi connectivity index (χ4n) is 5.26. The van der Waals surface area contributed by atoms with E-state index in [2.05, 4.69) is 10.6 Å². The number of amides is 2. The molecule has 45 heavy (non-hydrogen) atoms. The van der Waals surface area contributed by atoms with E-state index >= 15 is 0 Å². The van der Waals surface area contributed by atoms with Crippen molar-refractivity contribution in [3.05, 3.63) is 96.1 Å². The zero-order chi connectivity index (χ0) is 32.8. The van der Waals surface area contributed by atoms with Crippen LogP contribution in [-0.4, -0.2) is 74.9 Å². The van der Waals surface area contributed by atoms with Crippen LogP contribution in [0.1, 0.15) is 49.7 Å². The second kappa shape index (κ2) is 17.5. The number of halogens is 1. The van der Waals surface area contributed by atoms with Crippen molar-refractivity contribution in [1.82, 2.24) is 14.9 Å². The van der Waals surface area contributed by atoms with E-state index < -0.39 is 53.3 Å². The Kier molecular flexibility index (Phi) is 13.8. The Morgan fingerprint density at radius 2 is 1.49 bits per heavy atom. The molecular weight excluding hydrogens is 599 g/mol. The third-order valence-electron chi connectivity index (χ3n) is 7.57. The van der Waals surface area contributed by atoms with Gasteiger partial charge in [0.05, 0.1) is 25.3 Å². The second-order valence-electron chi connectivity index (χ2n) is 10.8. The first-order valence-electron chi connectivity index (χ1n) is 14.9. The summed E-state index contributed by atoms with van der Waals surface area (Å²) in [6.07, 6.45) is 0.411. The number of rotatable bonds is 17. The van der Waals surface area contributed by atoms with Gasteiger partial charge in [0.15, 0.2) is 0 Å². The molecular formula is C33H43FN4O6S. The first-order chi connectivity index (χ1) is 21.6. The monoisotopic (exact) mass is 642 g/mol. The SMILES string of the molecule is COC(=O)N[C@H](C(=O)N[C@@H](C)CCC[C@@H](CO)N(CCCF)S(=O)(=O)c1ccc(N)cc1)C(c1ccccc1)c1ccccc1. The molecule has 0 unspecified atom stereocenters. The van der Waals surface area contributed by atoms with Crippen LogP contribution in [0.25, 0.3) is 0 Å². The minimum absolute atomic E-state index is 0.00479. The molecule has 0 aliphatic carbocycles. The van der Waals surface area contributed by atoms with Crippen molar-refractivity contribution in [1.29, 1.82) is 0 Å². The average Bonchev–Trinajstić information content (AvgIpc) is 3.04. The number of sulfonamides is 1. The number of aliphatic hydroxyl groups is 1. The van der Waals surface area contributed by atoms with Gasteiger partial charge in [-0.15, -0.1) is 0 Å². The van der Waals surface area contributed by atoms with Crippen molar-refractivity contribution in [2.75, 3.05) is 32.7 Å². The predicted octanol–water partition coefficient (Wildman–Crippen LogP) is 4.21. The van der Waals surface area contributed by atoms with Gasteiger partial charge in [0.1, 0.15) is 6.04 Å². The molecule has 3 aromatic carbocycles. The quantitative estimate of drug-likeness (QED) is 0.161. The number of carbonyl (C=O) groups excluding carboxylic acids is 2. The average molecular weight is 643 g/mol. The van der Waals surface area contributed by atoms with E-state index in [1.165, 1.54) is 31.4 Å². The van der Waals surface area contributed by atoms with Crippen molar-refractivity contribution in [2.24, 2.45) is 0 Å². The molecule has 0 aliphatic heterocycles. The molecule has 3 aromatic rings. The fourth-order valence-corrected chi connectivity index (χ4v) is 6.95. The molecule has 0 saturated carbocycles. The number of aliphatic hydroxyl groups excluding tert-OH is 1. The Labute approximate surface area is 264 Å². The largest absolute Gasteiger partial charge is 0.453 e. The van der Waals surface area contributed by atoms with Crippen LogP contribution in [0.2, 0.25) is 0 Å². The standard InChI is InChI=1S/C33H43FN4O6S/c1-24(11-9-16-28(23-39)38(22-10-21-34)45(42,43)29-19-17-27(35)18-20-29)36-32(40)31(37-33(41)44-2)30(25-12-5-3-6-13-25)26-14-7-4-8-15-26/h3-8,12-15,17-20,24,28,30-31,39H,9-11,16,21-23,35H2,1-2H3,(H,36,40)(H,37,41)/t24-,28-,31-/m0/s1. The molecule has 0 saturated heterocycles.